The number of hydrogen-bond donors (Lipinski definition) is 1. The average Bonchev–Trinajstić information content (AvgIpc) is 3.21. The van der Waals surface area contributed by atoms with Gasteiger partial charge in [0.25, 0.3) is 5.91 Å². The predicted molar refractivity (Wildman–Crippen MR) is 106 cm³/mol. The number of amides is 1. The Balaban J connectivity index is 1.43. The first-order valence-electron chi connectivity index (χ1n) is 9.02. The number of sulfone groups is 1. The molecule has 1 saturated heterocycles. The maximum absolute atomic E-state index is 12.3. The molecule has 0 radical (unpaired) electrons. The third-order valence-electron chi connectivity index (χ3n) is 4.64. The molecule has 1 fully saturated rings. The van der Waals surface area contributed by atoms with E-state index in [0.29, 0.717) is 29.3 Å². The van der Waals surface area contributed by atoms with Crippen LogP contribution in [-0.2, 0) is 14.6 Å². The van der Waals surface area contributed by atoms with Crippen LogP contribution in [0.2, 0.25) is 0 Å². The number of fused-ring (bicyclic) bond motifs is 1. The summed E-state index contributed by atoms with van der Waals surface area (Å²) in [6.07, 6.45) is 0.463. The molecule has 1 aliphatic heterocycles. The van der Waals surface area contributed by atoms with E-state index in [4.69, 9.17) is 9.15 Å². The number of nitrogens with one attached hydrogen (secondary N) is 1. The third-order valence-corrected chi connectivity index (χ3v) is 6.39. The maximum atomic E-state index is 12.3. The van der Waals surface area contributed by atoms with E-state index in [2.05, 4.69) is 10.4 Å². The molecule has 152 valence electrons. The average molecular weight is 417 g/mol. The highest BCUT2D eigenvalue weighted by atomic mass is 32.2. The van der Waals surface area contributed by atoms with E-state index in [1.807, 2.05) is 0 Å². The Bertz CT molecular complexity index is 1240. The standard InChI is InChI=1S/C19H19N3O6S/c1-12-8-17(22(21-12)14-6-7-29(25,26)11-14)20-18(23)10-27-15-4-2-13-3-5-19(24)28-16(13)9-15/h2-5,8-9,14H,6-7,10-11H2,1H3,(H,20,23)/t14-/m0/s1. The van der Waals surface area contributed by atoms with Gasteiger partial charge >= 0.3 is 5.63 Å². The van der Waals surface area contributed by atoms with Gasteiger partial charge in [-0.3, -0.25) is 4.79 Å². The van der Waals surface area contributed by atoms with Crippen molar-refractivity contribution in [1.82, 2.24) is 9.78 Å². The highest BCUT2D eigenvalue weighted by molar-refractivity contribution is 7.91. The van der Waals surface area contributed by atoms with Crippen molar-refractivity contribution in [3.8, 4) is 5.75 Å². The molecule has 1 aromatic carbocycles. The minimum atomic E-state index is -3.08. The summed E-state index contributed by atoms with van der Waals surface area (Å²) in [5.41, 5.74) is 0.576. The van der Waals surface area contributed by atoms with Gasteiger partial charge in [0.05, 0.1) is 23.2 Å². The highest BCUT2D eigenvalue weighted by Gasteiger charge is 2.31. The van der Waals surface area contributed by atoms with Crippen LogP contribution in [0.5, 0.6) is 5.75 Å². The van der Waals surface area contributed by atoms with Gasteiger partial charge in [0.2, 0.25) is 0 Å². The fourth-order valence-corrected chi connectivity index (χ4v) is 5.01. The number of ether oxygens (including phenoxy) is 1. The summed E-state index contributed by atoms with van der Waals surface area (Å²) in [6.45, 7) is 1.50. The van der Waals surface area contributed by atoms with Crippen LogP contribution in [0, 0.1) is 6.92 Å². The SMILES string of the molecule is Cc1cc(NC(=O)COc2ccc3ccc(=O)oc3c2)n([C@H]2CCS(=O)(=O)C2)n1. The van der Waals surface area contributed by atoms with Crippen molar-refractivity contribution in [3.63, 3.8) is 0 Å². The Hall–Kier alpha value is -3.14. The van der Waals surface area contributed by atoms with Gasteiger partial charge in [-0.05, 0) is 31.5 Å². The first-order chi connectivity index (χ1) is 13.8. The fourth-order valence-electron chi connectivity index (χ4n) is 3.32. The zero-order chi connectivity index (χ0) is 20.6. The summed E-state index contributed by atoms with van der Waals surface area (Å²) in [5.74, 6) is 0.527. The molecule has 1 N–H and O–H groups in total. The monoisotopic (exact) mass is 417 g/mol. The smallest absolute Gasteiger partial charge is 0.336 e. The summed E-state index contributed by atoms with van der Waals surface area (Å²) in [4.78, 5) is 23.7. The van der Waals surface area contributed by atoms with Crippen LogP contribution < -0.4 is 15.7 Å². The molecule has 0 bridgehead atoms. The molecular weight excluding hydrogens is 398 g/mol. The van der Waals surface area contributed by atoms with E-state index < -0.39 is 21.4 Å². The molecule has 3 heterocycles. The fraction of sp³-hybridized carbons (Fsp3) is 0.316. The van der Waals surface area contributed by atoms with Crippen LogP contribution in [0.4, 0.5) is 5.82 Å². The van der Waals surface area contributed by atoms with Gasteiger partial charge in [-0.15, -0.1) is 0 Å². The van der Waals surface area contributed by atoms with Gasteiger partial charge in [-0.1, -0.05) is 0 Å². The molecule has 9 nitrogen and oxygen atoms in total. The van der Waals surface area contributed by atoms with Crippen LogP contribution in [0.3, 0.4) is 0 Å². The van der Waals surface area contributed by atoms with Crippen molar-refractivity contribution in [3.05, 3.63) is 52.5 Å². The number of carbonyl (C=O) groups excluding carboxylic acids is 1. The van der Waals surface area contributed by atoms with E-state index in [1.54, 1.807) is 41.9 Å². The van der Waals surface area contributed by atoms with E-state index in [-0.39, 0.29) is 24.2 Å². The zero-order valence-corrected chi connectivity index (χ0v) is 16.4. The number of aryl methyl sites for hydroxylation is 1. The zero-order valence-electron chi connectivity index (χ0n) is 15.6. The second-order valence-electron chi connectivity index (χ2n) is 6.96. The topological polar surface area (TPSA) is 120 Å². The molecule has 4 rings (SSSR count). The molecule has 3 aromatic rings. The predicted octanol–water partition coefficient (Wildman–Crippen LogP) is 1.68. The lowest BCUT2D eigenvalue weighted by molar-refractivity contribution is -0.118. The number of anilines is 1. The summed E-state index contributed by atoms with van der Waals surface area (Å²) in [6, 6.07) is 9.31. The number of rotatable bonds is 5. The lowest BCUT2D eigenvalue weighted by atomic mass is 10.2. The highest BCUT2D eigenvalue weighted by Crippen LogP contribution is 2.27. The second kappa shape index (κ2) is 7.36. The number of aromatic nitrogens is 2. The molecule has 0 saturated carbocycles. The summed E-state index contributed by atoms with van der Waals surface area (Å²) in [5, 5.41) is 7.79. The van der Waals surface area contributed by atoms with Crippen LogP contribution in [0.15, 0.2) is 45.6 Å². The minimum absolute atomic E-state index is 0.00970. The van der Waals surface area contributed by atoms with Crippen molar-refractivity contribution in [1.29, 1.82) is 0 Å². The molecule has 10 heteroatoms. The van der Waals surface area contributed by atoms with Crippen LogP contribution in [0.25, 0.3) is 11.0 Å². The number of hydrogen-bond acceptors (Lipinski definition) is 7. The largest absolute Gasteiger partial charge is 0.484 e. The van der Waals surface area contributed by atoms with E-state index in [9.17, 15) is 18.0 Å². The van der Waals surface area contributed by atoms with Gasteiger partial charge < -0.3 is 14.5 Å². The quantitative estimate of drug-likeness (QED) is 0.627. The van der Waals surface area contributed by atoms with Crippen molar-refractivity contribution < 1.29 is 22.4 Å². The van der Waals surface area contributed by atoms with Crippen molar-refractivity contribution >= 4 is 32.5 Å². The van der Waals surface area contributed by atoms with Crippen molar-refractivity contribution in [2.45, 2.75) is 19.4 Å². The van der Waals surface area contributed by atoms with E-state index in [1.165, 1.54) is 6.07 Å². The Kier molecular flexibility index (Phi) is 4.87. The lowest BCUT2D eigenvalue weighted by Gasteiger charge is -2.14. The molecule has 1 aliphatic rings. The molecule has 1 atom stereocenters. The normalized spacial score (nSPS) is 18.0. The number of nitrogens with zero attached hydrogens (tertiary/aromatic N) is 2. The Morgan fingerprint density at radius 1 is 1.31 bits per heavy atom. The van der Waals surface area contributed by atoms with Crippen LogP contribution >= 0.6 is 0 Å². The van der Waals surface area contributed by atoms with Crippen LogP contribution in [0.1, 0.15) is 18.2 Å². The van der Waals surface area contributed by atoms with Gasteiger partial charge in [-0.25, -0.2) is 17.9 Å². The van der Waals surface area contributed by atoms with Gasteiger partial charge in [-0.2, -0.15) is 5.10 Å². The van der Waals surface area contributed by atoms with E-state index >= 15 is 0 Å². The summed E-state index contributed by atoms with van der Waals surface area (Å²) in [7, 11) is -3.08. The number of carbonyl (C=O) groups is 1. The summed E-state index contributed by atoms with van der Waals surface area (Å²) >= 11 is 0. The van der Waals surface area contributed by atoms with Crippen molar-refractivity contribution in [2.24, 2.45) is 0 Å². The molecule has 0 unspecified atom stereocenters. The first-order valence-corrected chi connectivity index (χ1v) is 10.8. The maximum Gasteiger partial charge on any atom is 0.336 e. The Labute approximate surface area is 166 Å². The first kappa shape index (κ1) is 19.2. The van der Waals surface area contributed by atoms with Crippen molar-refractivity contribution in [2.75, 3.05) is 23.4 Å². The van der Waals surface area contributed by atoms with Gasteiger partial charge in [0.15, 0.2) is 16.4 Å². The van der Waals surface area contributed by atoms with Gasteiger partial charge in [0.1, 0.15) is 17.2 Å². The van der Waals surface area contributed by atoms with Crippen LogP contribution in [-0.4, -0.2) is 42.2 Å². The lowest BCUT2D eigenvalue weighted by Crippen LogP contribution is -2.23. The molecule has 0 aliphatic carbocycles. The number of benzene rings is 1. The molecule has 29 heavy (non-hydrogen) atoms. The Morgan fingerprint density at radius 2 is 2.10 bits per heavy atom. The van der Waals surface area contributed by atoms with Gasteiger partial charge in [0, 0.05) is 23.6 Å². The minimum Gasteiger partial charge on any atom is -0.484 e. The molecule has 2 aromatic heterocycles. The molecule has 1 amide bonds. The Morgan fingerprint density at radius 3 is 2.86 bits per heavy atom. The van der Waals surface area contributed by atoms with E-state index in [0.717, 1.165) is 5.39 Å². The molecule has 0 spiro atoms. The molecular formula is C19H19N3O6S. The third kappa shape index (κ3) is 4.32. The second-order valence-corrected chi connectivity index (χ2v) is 9.19. The summed E-state index contributed by atoms with van der Waals surface area (Å²) < 4.78 is 35.7.